The lowest BCUT2D eigenvalue weighted by Gasteiger charge is -2.33. The molecule has 5 heteroatoms. The number of hydrogen-bond acceptors (Lipinski definition) is 4. The molecule has 0 bridgehead atoms. The Morgan fingerprint density at radius 3 is 2.68 bits per heavy atom. The molecule has 0 saturated carbocycles. The Labute approximate surface area is 136 Å². The monoisotopic (exact) mass is 320 g/mol. The van der Waals surface area contributed by atoms with E-state index in [1.807, 2.05) is 47.0 Å². The lowest BCUT2D eigenvalue weighted by molar-refractivity contribution is -0.136. The van der Waals surface area contributed by atoms with E-state index in [2.05, 4.69) is 4.90 Å². The molecule has 1 aromatic carbocycles. The maximum absolute atomic E-state index is 12.7. The molecule has 1 N–H and O–H groups in total. The molecule has 2 aliphatic heterocycles. The minimum absolute atomic E-state index is 0.0403. The lowest BCUT2D eigenvalue weighted by atomic mass is 10.1. The Morgan fingerprint density at radius 1 is 1.23 bits per heavy atom. The van der Waals surface area contributed by atoms with Crippen LogP contribution in [0.25, 0.3) is 0 Å². The highest BCUT2D eigenvalue weighted by atomic mass is 32.2. The summed E-state index contributed by atoms with van der Waals surface area (Å²) >= 11 is 1.92. The quantitative estimate of drug-likeness (QED) is 0.918. The molecule has 3 rings (SSSR count). The van der Waals surface area contributed by atoms with Gasteiger partial charge in [-0.3, -0.25) is 9.69 Å². The van der Waals surface area contributed by atoms with Gasteiger partial charge < -0.3 is 10.0 Å². The summed E-state index contributed by atoms with van der Waals surface area (Å²) in [5.41, 5.74) is 0.926. The van der Waals surface area contributed by atoms with Crippen molar-refractivity contribution in [1.29, 1.82) is 0 Å². The fraction of sp³-hybridized carbons (Fsp3) is 0.588. The second kappa shape index (κ2) is 7.49. The van der Waals surface area contributed by atoms with E-state index in [1.165, 1.54) is 0 Å². The Kier molecular flexibility index (Phi) is 5.39. The number of β-amino-alcohol motifs (C(OH)–C–C–N with tert-alkyl or cyclic N) is 1. The van der Waals surface area contributed by atoms with Crippen LogP contribution in [0.3, 0.4) is 0 Å². The predicted octanol–water partition coefficient (Wildman–Crippen LogP) is 1.76. The van der Waals surface area contributed by atoms with Gasteiger partial charge in [0.2, 0.25) is 5.91 Å². The van der Waals surface area contributed by atoms with Crippen LogP contribution in [0.15, 0.2) is 30.3 Å². The van der Waals surface area contributed by atoms with E-state index in [-0.39, 0.29) is 11.9 Å². The zero-order chi connectivity index (χ0) is 15.4. The van der Waals surface area contributed by atoms with Crippen LogP contribution in [-0.2, 0) is 4.79 Å². The molecular formula is C17H24N2O2S. The van der Waals surface area contributed by atoms with Crippen LogP contribution in [0, 0.1) is 0 Å². The number of aliphatic hydroxyl groups is 1. The van der Waals surface area contributed by atoms with E-state index >= 15 is 0 Å². The molecule has 2 heterocycles. The third kappa shape index (κ3) is 3.65. The molecule has 0 spiro atoms. The van der Waals surface area contributed by atoms with E-state index in [9.17, 15) is 9.90 Å². The van der Waals surface area contributed by atoms with Gasteiger partial charge in [0.25, 0.3) is 0 Å². The van der Waals surface area contributed by atoms with Gasteiger partial charge in [0.15, 0.2) is 0 Å². The van der Waals surface area contributed by atoms with Crippen LogP contribution in [-0.4, -0.2) is 64.5 Å². The lowest BCUT2D eigenvalue weighted by Crippen LogP contribution is -2.49. The fourth-order valence-electron chi connectivity index (χ4n) is 3.32. The largest absolute Gasteiger partial charge is 0.387 e. The van der Waals surface area contributed by atoms with Crippen LogP contribution in [0.2, 0.25) is 0 Å². The molecular weight excluding hydrogens is 296 g/mol. The van der Waals surface area contributed by atoms with Gasteiger partial charge in [0, 0.05) is 31.1 Å². The molecule has 0 aliphatic carbocycles. The Morgan fingerprint density at radius 2 is 1.95 bits per heavy atom. The van der Waals surface area contributed by atoms with E-state index in [1.54, 1.807) is 0 Å². The Hall–Kier alpha value is -1.04. The number of carbonyl (C=O) groups excluding carboxylic acids is 1. The molecule has 1 amide bonds. The van der Waals surface area contributed by atoms with Gasteiger partial charge in [0.05, 0.1) is 12.1 Å². The molecule has 2 aliphatic rings. The molecule has 0 radical (unpaired) electrons. The number of likely N-dealkylation sites (tertiary alicyclic amines) is 1. The van der Waals surface area contributed by atoms with Crippen LogP contribution in [0.5, 0.6) is 0 Å². The average Bonchev–Trinajstić information content (AvgIpc) is 3.04. The minimum Gasteiger partial charge on any atom is -0.387 e. The number of hydrogen-bond donors (Lipinski definition) is 1. The van der Waals surface area contributed by atoms with Gasteiger partial charge in [-0.15, -0.1) is 0 Å². The normalized spacial score (nSPS) is 24.4. The molecule has 1 aromatic rings. The van der Waals surface area contributed by atoms with Gasteiger partial charge in [-0.2, -0.15) is 11.8 Å². The highest BCUT2D eigenvalue weighted by Crippen LogP contribution is 2.24. The van der Waals surface area contributed by atoms with Gasteiger partial charge >= 0.3 is 0 Å². The standard InChI is InChI=1S/C17H24N2O2S/c20-16(14-5-2-1-3-6-14)13-19-8-4-7-15(19)17(21)18-9-11-22-12-10-18/h1-3,5-6,15-16,20H,4,7-13H2. The average molecular weight is 320 g/mol. The second-order valence-electron chi connectivity index (χ2n) is 6.02. The molecule has 2 unspecified atom stereocenters. The topological polar surface area (TPSA) is 43.8 Å². The maximum atomic E-state index is 12.7. The predicted molar refractivity (Wildman–Crippen MR) is 89.9 cm³/mol. The van der Waals surface area contributed by atoms with Crippen molar-refractivity contribution in [2.75, 3.05) is 37.7 Å². The van der Waals surface area contributed by atoms with Crippen molar-refractivity contribution in [3.8, 4) is 0 Å². The summed E-state index contributed by atoms with van der Waals surface area (Å²) in [5.74, 6) is 2.36. The minimum atomic E-state index is -0.522. The first-order valence-electron chi connectivity index (χ1n) is 8.09. The van der Waals surface area contributed by atoms with Gasteiger partial charge in [-0.25, -0.2) is 0 Å². The number of amides is 1. The third-order valence-electron chi connectivity index (χ3n) is 4.56. The SMILES string of the molecule is O=C(C1CCCN1CC(O)c1ccccc1)N1CCSCC1. The third-order valence-corrected chi connectivity index (χ3v) is 5.51. The summed E-state index contributed by atoms with van der Waals surface area (Å²) in [4.78, 5) is 16.9. The van der Waals surface area contributed by atoms with E-state index in [4.69, 9.17) is 0 Å². The van der Waals surface area contributed by atoms with E-state index in [0.717, 1.165) is 49.5 Å². The summed E-state index contributed by atoms with van der Waals surface area (Å²) in [6.45, 7) is 3.19. The summed E-state index contributed by atoms with van der Waals surface area (Å²) in [6.07, 6.45) is 1.44. The molecule has 22 heavy (non-hydrogen) atoms. The Bertz CT molecular complexity index is 491. The Balaban J connectivity index is 1.61. The maximum Gasteiger partial charge on any atom is 0.239 e. The van der Waals surface area contributed by atoms with Crippen LogP contribution >= 0.6 is 11.8 Å². The summed E-state index contributed by atoms with van der Waals surface area (Å²) in [5, 5.41) is 10.4. The van der Waals surface area contributed by atoms with E-state index in [0.29, 0.717) is 6.54 Å². The van der Waals surface area contributed by atoms with Crippen molar-refractivity contribution in [1.82, 2.24) is 9.80 Å². The second-order valence-corrected chi connectivity index (χ2v) is 7.24. The van der Waals surface area contributed by atoms with Crippen molar-refractivity contribution >= 4 is 17.7 Å². The smallest absolute Gasteiger partial charge is 0.239 e. The van der Waals surface area contributed by atoms with Gasteiger partial charge in [0.1, 0.15) is 0 Å². The fourth-order valence-corrected chi connectivity index (χ4v) is 4.22. The first-order chi connectivity index (χ1) is 10.8. The molecule has 4 nitrogen and oxygen atoms in total. The summed E-state index contributed by atoms with van der Waals surface area (Å²) < 4.78 is 0. The number of benzene rings is 1. The van der Waals surface area contributed by atoms with Crippen LogP contribution in [0.4, 0.5) is 0 Å². The van der Waals surface area contributed by atoms with Gasteiger partial charge in [-0.1, -0.05) is 30.3 Å². The first kappa shape index (κ1) is 15.8. The highest BCUT2D eigenvalue weighted by molar-refractivity contribution is 7.99. The van der Waals surface area contributed by atoms with E-state index < -0.39 is 6.10 Å². The zero-order valence-electron chi connectivity index (χ0n) is 12.9. The van der Waals surface area contributed by atoms with Crippen LogP contribution < -0.4 is 0 Å². The van der Waals surface area contributed by atoms with Crippen molar-refractivity contribution in [2.45, 2.75) is 25.0 Å². The first-order valence-corrected chi connectivity index (χ1v) is 9.25. The molecule has 2 fully saturated rings. The highest BCUT2D eigenvalue weighted by Gasteiger charge is 2.35. The van der Waals surface area contributed by atoms with Crippen molar-refractivity contribution in [3.05, 3.63) is 35.9 Å². The van der Waals surface area contributed by atoms with Gasteiger partial charge in [-0.05, 0) is 24.9 Å². The number of carbonyl (C=O) groups is 1. The summed E-state index contributed by atoms with van der Waals surface area (Å²) in [7, 11) is 0. The van der Waals surface area contributed by atoms with Crippen molar-refractivity contribution < 1.29 is 9.90 Å². The van der Waals surface area contributed by atoms with Crippen LogP contribution in [0.1, 0.15) is 24.5 Å². The molecule has 2 atom stereocenters. The number of rotatable bonds is 4. The van der Waals surface area contributed by atoms with Crippen molar-refractivity contribution in [3.63, 3.8) is 0 Å². The zero-order valence-corrected chi connectivity index (χ0v) is 13.7. The molecule has 120 valence electrons. The number of aliphatic hydroxyl groups excluding tert-OH is 1. The molecule has 0 aromatic heterocycles. The number of nitrogens with zero attached hydrogens (tertiary/aromatic N) is 2. The summed E-state index contributed by atoms with van der Waals surface area (Å²) in [6, 6.07) is 9.68. The number of thioether (sulfide) groups is 1. The van der Waals surface area contributed by atoms with Crippen molar-refractivity contribution in [2.24, 2.45) is 0 Å². The molecule has 2 saturated heterocycles.